The summed E-state index contributed by atoms with van der Waals surface area (Å²) in [5.41, 5.74) is 0.972. The number of thiazole rings is 1. The van der Waals surface area contributed by atoms with Gasteiger partial charge >= 0.3 is 0 Å². The number of hydrogen-bond acceptors (Lipinski definition) is 4. The molecule has 96 valence electrons. The summed E-state index contributed by atoms with van der Waals surface area (Å²) in [5.74, 6) is 0.156. The van der Waals surface area contributed by atoms with Crippen molar-refractivity contribution in [3.05, 3.63) is 16.1 Å². The Balaban J connectivity index is 2.31. The number of carbonyl (C=O) groups is 1. The van der Waals surface area contributed by atoms with E-state index in [1.165, 1.54) is 0 Å². The van der Waals surface area contributed by atoms with Crippen LogP contribution in [0.3, 0.4) is 0 Å². The topological polar surface area (TPSA) is 45.2 Å². The molecular weight excluding hydrogens is 234 g/mol. The number of carbonyl (C=O) groups excluding carboxylic acids is 1. The molecule has 1 rings (SSSR count). The highest BCUT2D eigenvalue weighted by Crippen LogP contribution is 2.10. The molecule has 1 heterocycles. The molecule has 0 aliphatic rings. The zero-order valence-corrected chi connectivity index (χ0v) is 11.8. The third-order valence-electron chi connectivity index (χ3n) is 2.38. The molecule has 0 aliphatic heterocycles. The van der Waals surface area contributed by atoms with Crippen LogP contribution < -0.4 is 5.32 Å². The number of amides is 1. The Morgan fingerprint density at radius 1 is 1.59 bits per heavy atom. The molecule has 1 N–H and O–H groups in total. The van der Waals surface area contributed by atoms with Gasteiger partial charge in [0.1, 0.15) is 0 Å². The van der Waals surface area contributed by atoms with Crippen molar-refractivity contribution in [1.82, 2.24) is 15.2 Å². The molecule has 0 saturated heterocycles. The third-order valence-corrected chi connectivity index (χ3v) is 3.21. The van der Waals surface area contributed by atoms with Crippen molar-refractivity contribution in [3.8, 4) is 0 Å². The molecule has 0 saturated carbocycles. The lowest BCUT2D eigenvalue weighted by molar-refractivity contribution is -0.130. The lowest BCUT2D eigenvalue weighted by Gasteiger charge is -2.16. The molecule has 17 heavy (non-hydrogen) atoms. The van der Waals surface area contributed by atoms with Crippen LogP contribution in [0, 0.1) is 6.92 Å². The van der Waals surface area contributed by atoms with Crippen molar-refractivity contribution in [2.45, 2.75) is 39.8 Å². The molecule has 0 bridgehead atoms. The second kappa shape index (κ2) is 6.71. The predicted octanol–water partition coefficient (Wildman–Crippen LogP) is 1.80. The van der Waals surface area contributed by atoms with E-state index in [9.17, 15) is 4.79 Å². The Labute approximate surface area is 107 Å². The summed E-state index contributed by atoms with van der Waals surface area (Å²) in [7, 11) is 1.83. The molecular formula is C12H21N3OS. The van der Waals surface area contributed by atoms with Crippen LogP contribution in [-0.2, 0) is 11.3 Å². The van der Waals surface area contributed by atoms with E-state index in [-0.39, 0.29) is 5.91 Å². The number of aryl methyl sites for hydroxylation is 1. The van der Waals surface area contributed by atoms with Crippen molar-refractivity contribution in [2.24, 2.45) is 0 Å². The third kappa shape index (κ3) is 5.28. The first-order valence-electron chi connectivity index (χ1n) is 5.87. The van der Waals surface area contributed by atoms with Crippen LogP contribution in [0.25, 0.3) is 0 Å². The van der Waals surface area contributed by atoms with Crippen molar-refractivity contribution in [1.29, 1.82) is 0 Å². The molecule has 1 amide bonds. The summed E-state index contributed by atoms with van der Waals surface area (Å²) in [5, 5.41) is 6.29. The average Bonchev–Trinajstić information content (AvgIpc) is 2.63. The summed E-state index contributed by atoms with van der Waals surface area (Å²) in [6.07, 6.45) is 0.539. The fourth-order valence-corrected chi connectivity index (χ4v) is 2.07. The molecule has 4 nitrogen and oxygen atoms in total. The van der Waals surface area contributed by atoms with Crippen LogP contribution in [0.1, 0.15) is 31.0 Å². The lowest BCUT2D eigenvalue weighted by atomic mass is 10.3. The van der Waals surface area contributed by atoms with Crippen LogP contribution in [0.5, 0.6) is 0 Å². The van der Waals surface area contributed by atoms with Gasteiger partial charge in [-0.05, 0) is 6.92 Å². The van der Waals surface area contributed by atoms with E-state index in [2.05, 4.69) is 24.1 Å². The van der Waals surface area contributed by atoms with Gasteiger partial charge in [-0.1, -0.05) is 13.8 Å². The Bertz CT molecular complexity index is 362. The smallest absolute Gasteiger partial charge is 0.223 e. The first-order valence-corrected chi connectivity index (χ1v) is 6.75. The van der Waals surface area contributed by atoms with E-state index in [0.717, 1.165) is 17.2 Å². The highest BCUT2D eigenvalue weighted by molar-refractivity contribution is 7.09. The normalized spacial score (nSPS) is 10.9. The summed E-state index contributed by atoms with van der Waals surface area (Å²) in [4.78, 5) is 17.9. The minimum absolute atomic E-state index is 0.156. The van der Waals surface area contributed by atoms with Crippen LogP contribution in [0.15, 0.2) is 5.38 Å². The van der Waals surface area contributed by atoms with Gasteiger partial charge in [-0.15, -0.1) is 11.3 Å². The number of rotatable bonds is 6. The molecule has 0 unspecified atom stereocenters. The van der Waals surface area contributed by atoms with E-state index >= 15 is 0 Å². The van der Waals surface area contributed by atoms with Gasteiger partial charge in [-0.25, -0.2) is 4.98 Å². The molecule has 1 aromatic rings. The minimum atomic E-state index is 0.156. The second-order valence-corrected chi connectivity index (χ2v) is 5.53. The maximum atomic E-state index is 11.8. The van der Waals surface area contributed by atoms with Gasteiger partial charge in [0.15, 0.2) is 0 Å². The zero-order chi connectivity index (χ0) is 12.8. The van der Waals surface area contributed by atoms with Gasteiger partial charge in [-0.3, -0.25) is 4.79 Å². The van der Waals surface area contributed by atoms with E-state index in [1.54, 1.807) is 16.2 Å². The number of nitrogens with one attached hydrogen (secondary N) is 1. The Morgan fingerprint density at radius 2 is 2.29 bits per heavy atom. The molecule has 0 spiro atoms. The second-order valence-electron chi connectivity index (χ2n) is 4.47. The van der Waals surface area contributed by atoms with Gasteiger partial charge < -0.3 is 10.2 Å². The van der Waals surface area contributed by atoms with E-state index in [4.69, 9.17) is 0 Å². The van der Waals surface area contributed by atoms with Crippen molar-refractivity contribution in [2.75, 3.05) is 13.6 Å². The van der Waals surface area contributed by atoms with Crippen LogP contribution in [0.2, 0.25) is 0 Å². The van der Waals surface area contributed by atoms with Crippen molar-refractivity contribution in [3.63, 3.8) is 0 Å². The van der Waals surface area contributed by atoms with E-state index in [1.807, 2.05) is 19.4 Å². The van der Waals surface area contributed by atoms with Gasteiger partial charge in [0.05, 0.1) is 17.2 Å². The molecule has 0 radical (unpaired) electrons. The Kier molecular flexibility index (Phi) is 5.58. The highest BCUT2D eigenvalue weighted by atomic mass is 32.1. The maximum Gasteiger partial charge on any atom is 0.223 e. The van der Waals surface area contributed by atoms with Crippen molar-refractivity contribution < 1.29 is 4.79 Å². The first-order chi connectivity index (χ1) is 7.99. The Morgan fingerprint density at radius 3 is 2.82 bits per heavy atom. The average molecular weight is 255 g/mol. The molecule has 0 fully saturated rings. The standard InChI is InChI=1S/C12H21N3OS/c1-9(2)13-6-5-12(16)15(4)7-11-8-17-10(3)14-11/h8-9,13H,5-7H2,1-4H3. The molecule has 1 aromatic heterocycles. The fraction of sp³-hybridized carbons (Fsp3) is 0.667. The fourth-order valence-electron chi connectivity index (χ4n) is 1.47. The summed E-state index contributed by atoms with van der Waals surface area (Å²) < 4.78 is 0. The summed E-state index contributed by atoms with van der Waals surface area (Å²) >= 11 is 1.62. The van der Waals surface area contributed by atoms with Gasteiger partial charge in [-0.2, -0.15) is 0 Å². The molecule has 0 aromatic carbocycles. The van der Waals surface area contributed by atoms with Crippen LogP contribution in [0.4, 0.5) is 0 Å². The first kappa shape index (κ1) is 14.1. The Hall–Kier alpha value is -0.940. The highest BCUT2D eigenvalue weighted by Gasteiger charge is 2.10. The quantitative estimate of drug-likeness (QED) is 0.843. The number of aromatic nitrogens is 1. The summed E-state index contributed by atoms with van der Waals surface area (Å²) in [6.45, 7) is 7.46. The summed E-state index contributed by atoms with van der Waals surface area (Å²) in [6, 6.07) is 0.425. The van der Waals surface area contributed by atoms with Gasteiger partial charge in [0.2, 0.25) is 5.91 Å². The minimum Gasteiger partial charge on any atom is -0.340 e. The van der Waals surface area contributed by atoms with Crippen molar-refractivity contribution >= 4 is 17.2 Å². The van der Waals surface area contributed by atoms with E-state index < -0.39 is 0 Å². The zero-order valence-electron chi connectivity index (χ0n) is 11.0. The molecule has 5 heteroatoms. The largest absolute Gasteiger partial charge is 0.340 e. The predicted molar refractivity (Wildman–Crippen MR) is 71.1 cm³/mol. The lowest BCUT2D eigenvalue weighted by Crippen LogP contribution is -2.31. The van der Waals surface area contributed by atoms with E-state index in [0.29, 0.717) is 19.0 Å². The maximum absolute atomic E-state index is 11.8. The number of hydrogen-bond donors (Lipinski definition) is 1. The van der Waals surface area contributed by atoms with Gasteiger partial charge in [0, 0.05) is 31.4 Å². The monoisotopic (exact) mass is 255 g/mol. The van der Waals surface area contributed by atoms with Gasteiger partial charge in [0.25, 0.3) is 0 Å². The molecule has 0 atom stereocenters. The van der Waals surface area contributed by atoms with Crippen LogP contribution >= 0.6 is 11.3 Å². The molecule has 0 aliphatic carbocycles. The SMILES string of the molecule is Cc1nc(CN(C)C(=O)CCNC(C)C)cs1. The van der Waals surface area contributed by atoms with Crippen LogP contribution in [-0.4, -0.2) is 35.4 Å². The number of nitrogens with zero attached hydrogens (tertiary/aromatic N) is 2.